The maximum atomic E-state index is 14.4. The Balaban J connectivity index is 2.06. The molecule has 0 bridgehead atoms. The van der Waals surface area contributed by atoms with E-state index in [1.807, 2.05) is 4.90 Å². The Morgan fingerprint density at radius 1 is 1.41 bits per heavy atom. The zero-order valence-corrected chi connectivity index (χ0v) is 16.8. The third-order valence-corrected chi connectivity index (χ3v) is 4.19. The standard InChI is InChI=1S/C19H26FN7O2/c1-19(2,3)29-18(28)24-12-7-9-27(10-8-12)15-6-4-5-13(20)16(15)26-25-14(11-21)17(22)23/h4-6,12,26H,7-10H2,1-3H3,(H3,22,23)(H,24,28)/b25-14+. The Morgan fingerprint density at radius 2 is 2.07 bits per heavy atom. The van der Waals surface area contributed by atoms with Crippen molar-refractivity contribution in [2.24, 2.45) is 10.8 Å². The van der Waals surface area contributed by atoms with Gasteiger partial charge < -0.3 is 20.7 Å². The van der Waals surface area contributed by atoms with Crippen molar-refractivity contribution in [3.05, 3.63) is 24.0 Å². The van der Waals surface area contributed by atoms with Crippen LogP contribution in [0.2, 0.25) is 0 Å². The molecule has 1 aromatic rings. The first-order valence-electron chi connectivity index (χ1n) is 9.22. The zero-order valence-electron chi connectivity index (χ0n) is 16.8. The van der Waals surface area contributed by atoms with Gasteiger partial charge in [0.15, 0.2) is 5.84 Å². The van der Waals surface area contributed by atoms with Crippen LogP contribution in [0.15, 0.2) is 23.3 Å². The van der Waals surface area contributed by atoms with Gasteiger partial charge in [-0.2, -0.15) is 10.4 Å². The summed E-state index contributed by atoms with van der Waals surface area (Å²) in [5.74, 6) is -1.05. The Bertz CT molecular complexity index is 834. The highest BCUT2D eigenvalue weighted by Crippen LogP contribution is 2.31. The van der Waals surface area contributed by atoms with Crippen molar-refractivity contribution < 1.29 is 13.9 Å². The van der Waals surface area contributed by atoms with Gasteiger partial charge >= 0.3 is 6.09 Å². The number of amides is 1. The first-order chi connectivity index (χ1) is 13.6. The van der Waals surface area contributed by atoms with E-state index in [0.29, 0.717) is 31.6 Å². The number of amidine groups is 1. The molecule has 5 N–H and O–H groups in total. The minimum absolute atomic E-state index is 0.0352. The van der Waals surface area contributed by atoms with Crippen LogP contribution in [0, 0.1) is 22.6 Å². The quantitative estimate of drug-likeness (QED) is 0.338. The van der Waals surface area contributed by atoms with Crippen molar-refractivity contribution in [1.29, 1.82) is 10.7 Å². The fraction of sp³-hybridized carbons (Fsp3) is 0.474. The van der Waals surface area contributed by atoms with Crippen LogP contribution in [0.1, 0.15) is 33.6 Å². The Labute approximate surface area is 169 Å². The van der Waals surface area contributed by atoms with Gasteiger partial charge in [-0.25, -0.2) is 9.18 Å². The molecule has 0 atom stereocenters. The molecule has 2 rings (SSSR count). The second-order valence-corrected chi connectivity index (χ2v) is 7.64. The third kappa shape index (κ3) is 6.34. The molecule has 0 radical (unpaired) electrons. The maximum Gasteiger partial charge on any atom is 0.407 e. The molecule has 1 fully saturated rings. The maximum absolute atomic E-state index is 14.4. The molecule has 1 aliphatic heterocycles. The number of benzene rings is 1. The number of hydrogen-bond acceptors (Lipinski definition) is 7. The number of hydrogen-bond donors (Lipinski definition) is 4. The number of para-hydroxylation sites is 1. The topological polar surface area (TPSA) is 140 Å². The lowest BCUT2D eigenvalue weighted by Gasteiger charge is -2.35. The van der Waals surface area contributed by atoms with Gasteiger partial charge in [0.1, 0.15) is 23.2 Å². The Kier molecular flexibility index (Phi) is 6.98. The highest BCUT2D eigenvalue weighted by molar-refractivity contribution is 6.45. The predicted molar refractivity (Wildman–Crippen MR) is 110 cm³/mol. The first kappa shape index (κ1) is 21.9. The van der Waals surface area contributed by atoms with E-state index in [1.165, 1.54) is 6.07 Å². The van der Waals surface area contributed by atoms with E-state index in [0.717, 1.165) is 0 Å². The number of nitrogens with zero attached hydrogens (tertiary/aromatic N) is 3. The first-order valence-corrected chi connectivity index (χ1v) is 9.22. The second kappa shape index (κ2) is 9.23. The predicted octanol–water partition coefficient (Wildman–Crippen LogP) is 2.55. The van der Waals surface area contributed by atoms with Crippen molar-refractivity contribution in [3.63, 3.8) is 0 Å². The van der Waals surface area contributed by atoms with E-state index in [2.05, 4.69) is 15.8 Å². The Morgan fingerprint density at radius 3 is 2.62 bits per heavy atom. The van der Waals surface area contributed by atoms with Crippen LogP contribution in [0.4, 0.5) is 20.6 Å². The summed E-state index contributed by atoms with van der Waals surface area (Å²) in [4.78, 5) is 13.9. The summed E-state index contributed by atoms with van der Waals surface area (Å²) in [5, 5.41) is 22.8. The summed E-state index contributed by atoms with van der Waals surface area (Å²) in [5.41, 5.74) is 7.56. The third-order valence-electron chi connectivity index (χ3n) is 4.19. The number of nitrogens with one attached hydrogen (secondary N) is 3. The number of rotatable bonds is 5. The van der Waals surface area contributed by atoms with E-state index in [9.17, 15) is 9.18 Å². The van der Waals surface area contributed by atoms with Crippen molar-refractivity contribution in [2.45, 2.75) is 45.3 Å². The molecule has 9 nitrogen and oxygen atoms in total. The lowest BCUT2D eigenvalue weighted by molar-refractivity contribution is 0.0497. The molecule has 0 aliphatic carbocycles. The van der Waals surface area contributed by atoms with Crippen LogP contribution in [0.5, 0.6) is 0 Å². The fourth-order valence-electron chi connectivity index (χ4n) is 2.88. The van der Waals surface area contributed by atoms with Gasteiger partial charge in [-0.1, -0.05) is 6.07 Å². The molecular weight excluding hydrogens is 377 g/mol. The molecule has 1 aliphatic rings. The number of anilines is 2. The second-order valence-electron chi connectivity index (χ2n) is 7.64. The number of hydrazone groups is 1. The van der Waals surface area contributed by atoms with Crippen molar-refractivity contribution in [2.75, 3.05) is 23.4 Å². The van der Waals surface area contributed by atoms with Crippen LogP contribution in [0.3, 0.4) is 0 Å². The van der Waals surface area contributed by atoms with Gasteiger partial charge in [0.05, 0.1) is 5.69 Å². The number of carbonyl (C=O) groups is 1. The van der Waals surface area contributed by atoms with Gasteiger partial charge in [-0.3, -0.25) is 10.8 Å². The summed E-state index contributed by atoms with van der Waals surface area (Å²) in [6, 6.07) is 6.24. The number of piperidine rings is 1. The van der Waals surface area contributed by atoms with E-state index >= 15 is 0 Å². The number of halogens is 1. The molecule has 1 heterocycles. The number of carbonyl (C=O) groups excluding carboxylic acids is 1. The highest BCUT2D eigenvalue weighted by Gasteiger charge is 2.25. The molecule has 0 spiro atoms. The Hall–Kier alpha value is -3.35. The molecular formula is C19H26FN7O2. The van der Waals surface area contributed by atoms with E-state index in [4.69, 9.17) is 21.1 Å². The number of ether oxygens (including phenoxy) is 1. The molecule has 10 heteroatoms. The van der Waals surface area contributed by atoms with Gasteiger partial charge in [0.2, 0.25) is 5.71 Å². The van der Waals surface area contributed by atoms with Gasteiger partial charge in [-0.05, 0) is 45.7 Å². The molecule has 0 unspecified atom stereocenters. The minimum Gasteiger partial charge on any atom is -0.444 e. The normalized spacial score (nSPS) is 15.4. The van der Waals surface area contributed by atoms with Crippen LogP contribution in [-0.4, -0.2) is 42.4 Å². The van der Waals surface area contributed by atoms with E-state index in [1.54, 1.807) is 39.0 Å². The van der Waals surface area contributed by atoms with Crippen molar-refractivity contribution in [3.8, 4) is 6.07 Å². The van der Waals surface area contributed by atoms with Crippen LogP contribution in [-0.2, 0) is 4.74 Å². The summed E-state index contributed by atoms with van der Waals surface area (Å²) >= 11 is 0. The highest BCUT2D eigenvalue weighted by atomic mass is 19.1. The zero-order chi connectivity index (χ0) is 21.6. The van der Waals surface area contributed by atoms with Crippen LogP contribution >= 0.6 is 0 Å². The summed E-state index contributed by atoms with van der Waals surface area (Å²) in [6.07, 6.45) is 0.872. The number of nitrogens with two attached hydrogens (primary N) is 1. The van der Waals surface area contributed by atoms with Crippen LogP contribution in [0.25, 0.3) is 0 Å². The summed E-state index contributed by atoms with van der Waals surface area (Å²) in [7, 11) is 0. The van der Waals surface area contributed by atoms with E-state index < -0.39 is 23.3 Å². The molecule has 1 aromatic carbocycles. The lowest BCUT2D eigenvalue weighted by atomic mass is 10.0. The summed E-state index contributed by atoms with van der Waals surface area (Å²) in [6.45, 7) is 6.58. The largest absolute Gasteiger partial charge is 0.444 e. The molecule has 1 amide bonds. The fourth-order valence-corrected chi connectivity index (χ4v) is 2.88. The smallest absolute Gasteiger partial charge is 0.407 e. The average molecular weight is 403 g/mol. The molecule has 0 saturated carbocycles. The van der Waals surface area contributed by atoms with E-state index in [-0.39, 0.29) is 17.4 Å². The van der Waals surface area contributed by atoms with Gasteiger partial charge in [0.25, 0.3) is 0 Å². The number of nitriles is 1. The average Bonchev–Trinajstić information content (AvgIpc) is 2.62. The molecule has 0 aromatic heterocycles. The SMILES string of the molecule is CC(C)(C)OC(=O)NC1CCN(c2cccc(F)c2N/N=C(\C#N)C(=N)N)CC1. The molecule has 156 valence electrons. The molecule has 1 saturated heterocycles. The van der Waals surface area contributed by atoms with Crippen molar-refractivity contribution >= 4 is 29.0 Å². The number of alkyl carbamates (subject to hydrolysis) is 1. The van der Waals surface area contributed by atoms with Gasteiger partial charge in [0, 0.05) is 19.1 Å². The van der Waals surface area contributed by atoms with Crippen LogP contribution < -0.4 is 21.4 Å². The minimum atomic E-state index is -0.560. The van der Waals surface area contributed by atoms with Crippen molar-refractivity contribution in [1.82, 2.24) is 5.32 Å². The molecule has 29 heavy (non-hydrogen) atoms. The lowest BCUT2D eigenvalue weighted by Crippen LogP contribution is -2.46. The monoisotopic (exact) mass is 403 g/mol. The van der Waals surface area contributed by atoms with Gasteiger partial charge in [-0.15, -0.1) is 0 Å². The summed E-state index contributed by atoms with van der Waals surface area (Å²) < 4.78 is 19.6.